The summed E-state index contributed by atoms with van der Waals surface area (Å²) >= 11 is 0. The van der Waals surface area contributed by atoms with Crippen LogP contribution in [0.25, 0.3) is 0 Å². The van der Waals surface area contributed by atoms with E-state index >= 15 is 0 Å². The number of rotatable bonds is 11. The van der Waals surface area contributed by atoms with Gasteiger partial charge in [-0.3, -0.25) is 14.9 Å². The van der Waals surface area contributed by atoms with Crippen molar-refractivity contribution in [3.63, 3.8) is 0 Å². The van der Waals surface area contributed by atoms with Crippen LogP contribution in [0.1, 0.15) is 19.1 Å². The second-order valence-electron chi connectivity index (χ2n) is 8.35. The quantitative estimate of drug-likeness (QED) is 0.214. The van der Waals surface area contributed by atoms with Gasteiger partial charge in [-0.2, -0.15) is 0 Å². The molecule has 0 aliphatic carbocycles. The van der Waals surface area contributed by atoms with E-state index in [0.29, 0.717) is 31.9 Å². The second-order valence-corrected chi connectivity index (χ2v) is 8.35. The number of methoxy groups -OCH3 is 1. The van der Waals surface area contributed by atoms with E-state index in [1.54, 1.807) is 31.1 Å². The highest BCUT2D eigenvalue weighted by molar-refractivity contribution is 5.73. The van der Waals surface area contributed by atoms with Gasteiger partial charge in [-0.05, 0) is 43.3 Å². The molecule has 0 radical (unpaired) electrons. The van der Waals surface area contributed by atoms with Crippen molar-refractivity contribution >= 4 is 29.0 Å². The van der Waals surface area contributed by atoms with Crippen molar-refractivity contribution in [2.75, 3.05) is 61.1 Å². The summed E-state index contributed by atoms with van der Waals surface area (Å²) in [4.78, 5) is 38.2. The van der Waals surface area contributed by atoms with Gasteiger partial charge in [-0.15, -0.1) is 0 Å². The summed E-state index contributed by atoms with van der Waals surface area (Å²) < 4.78 is 15.7. The summed E-state index contributed by atoms with van der Waals surface area (Å²) in [5, 5.41) is 12.3. The molecule has 0 spiro atoms. The fourth-order valence-electron chi connectivity index (χ4n) is 4.27. The van der Waals surface area contributed by atoms with Crippen LogP contribution >= 0.6 is 0 Å². The number of ether oxygens (including phenoxy) is 2. The summed E-state index contributed by atoms with van der Waals surface area (Å²) in [7, 11) is 1.63. The standard InChI is InChI=1S/C25H30N6O6/c1-3-36-22(32)10-11-30(17-21-5-4-16-37-21)25-23(31(33)34)24(26-18-27-25)29-14-12-28(13-15-29)19-6-8-20(35-2)9-7-19/h4-9,16,18H,3,10-15,17H2,1-2H3. The van der Waals surface area contributed by atoms with Crippen LogP contribution in [0.15, 0.2) is 53.4 Å². The van der Waals surface area contributed by atoms with Gasteiger partial charge in [0.05, 0.1) is 37.9 Å². The van der Waals surface area contributed by atoms with Crippen molar-refractivity contribution in [2.45, 2.75) is 19.9 Å². The summed E-state index contributed by atoms with van der Waals surface area (Å²) in [5.41, 5.74) is 0.859. The third-order valence-electron chi connectivity index (χ3n) is 6.10. The summed E-state index contributed by atoms with van der Waals surface area (Å²) in [6.45, 7) is 4.79. The van der Waals surface area contributed by atoms with Crippen molar-refractivity contribution in [3.8, 4) is 5.75 Å². The van der Waals surface area contributed by atoms with E-state index in [0.717, 1.165) is 11.4 Å². The van der Waals surface area contributed by atoms with Gasteiger partial charge >= 0.3 is 11.7 Å². The minimum absolute atomic E-state index is 0.0472. The zero-order chi connectivity index (χ0) is 26.2. The van der Waals surface area contributed by atoms with E-state index < -0.39 is 10.9 Å². The summed E-state index contributed by atoms with van der Waals surface area (Å²) in [5.74, 6) is 1.37. The predicted octanol–water partition coefficient (Wildman–Crippen LogP) is 3.27. The summed E-state index contributed by atoms with van der Waals surface area (Å²) in [6, 6.07) is 11.3. The smallest absolute Gasteiger partial charge is 0.353 e. The number of anilines is 3. The number of nitrogens with zero attached hydrogens (tertiary/aromatic N) is 6. The molecule has 0 N–H and O–H groups in total. The lowest BCUT2D eigenvalue weighted by Gasteiger charge is -2.36. The van der Waals surface area contributed by atoms with Crippen LogP contribution in [-0.4, -0.2) is 67.3 Å². The molecule has 4 rings (SSSR count). The van der Waals surface area contributed by atoms with Crippen molar-refractivity contribution in [3.05, 3.63) is 64.9 Å². The van der Waals surface area contributed by atoms with Crippen LogP contribution in [0.3, 0.4) is 0 Å². The molecule has 1 fully saturated rings. The Morgan fingerprint density at radius 3 is 2.49 bits per heavy atom. The number of carbonyl (C=O) groups is 1. The first-order chi connectivity index (χ1) is 18.0. The fraction of sp³-hybridized carbons (Fsp3) is 0.400. The van der Waals surface area contributed by atoms with E-state index in [-0.39, 0.29) is 43.4 Å². The Kier molecular flexibility index (Phi) is 8.39. The molecule has 37 heavy (non-hydrogen) atoms. The van der Waals surface area contributed by atoms with Gasteiger partial charge in [0.25, 0.3) is 0 Å². The monoisotopic (exact) mass is 510 g/mol. The molecule has 1 aromatic carbocycles. The van der Waals surface area contributed by atoms with Gasteiger partial charge < -0.3 is 28.6 Å². The molecule has 3 aromatic rings. The SMILES string of the molecule is CCOC(=O)CCN(Cc1ccco1)c1ncnc(N2CCN(c3ccc(OC)cc3)CC2)c1[N+](=O)[O-]. The van der Waals surface area contributed by atoms with Crippen LogP contribution in [0.5, 0.6) is 5.75 Å². The maximum Gasteiger partial charge on any atom is 0.353 e. The molecular formula is C25H30N6O6. The average molecular weight is 511 g/mol. The number of esters is 1. The minimum Gasteiger partial charge on any atom is -0.497 e. The highest BCUT2D eigenvalue weighted by Crippen LogP contribution is 2.36. The predicted molar refractivity (Wildman–Crippen MR) is 137 cm³/mol. The lowest BCUT2D eigenvalue weighted by atomic mass is 10.2. The Bertz CT molecular complexity index is 1180. The zero-order valence-electron chi connectivity index (χ0n) is 20.9. The largest absolute Gasteiger partial charge is 0.497 e. The lowest BCUT2D eigenvalue weighted by Crippen LogP contribution is -2.47. The maximum absolute atomic E-state index is 12.3. The maximum atomic E-state index is 12.3. The van der Waals surface area contributed by atoms with Crippen LogP contribution in [0.2, 0.25) is 0 Å². The summed E-state index contributed by atoms with van der Waals surface area (Å²) in [6.07, 6.45) is 2.90. The molecule has 1 aliphatic heterocycles. The van der Waals surface area contributed by atoms with E-state index in [4.69, 9.17) is 13.9 Å². The van der Waals surface area contributed by atoms with Gasteiger partial charge in [0, 0.05) is 38.4 Å². The molecule has 3 heterocycles. The van der Waals surface area contributed by atoms with Crippen molar-refractivity contribution in [1.82, 2.24) is 9.97 Å². The number of nitro groups is 1. The van der Waals surface area contributed by atoms with Crippen LogP contribution < -0.4 is 19.4 Å². The number of aromatic nitrogens is 2. The first-order valence-electron chi connectivity index (χ1n) is 12.1. The molecule has 196 valence electrons. The molecule has 12 nitrogen and oxygen atoms in total. The molecule has 1 saturated heterocycles. The first kappa shape index (κ1) is 25.7. The molecule has 0 unspecified atom stereocenters. The normalized spacial score (nSPS) is 13.4. The number of benzene rings is 1. The van der Waals surface area contributed by atoms with E-state index in [1.807, 2.05) is 29.2 Å². The van der Waals surface area contributed by atoms with Crippen LogP contribution in [0.4, 0.5) is 23.0 Å². The molecule has 0 bridgehead atoms. The van der Waals surface area contributed by atoms with Crippen molar-refractivity contribution in [2.24, 2.45) is 0 Å². The number of carbonyl (C=O) groups excluding carboxylic acids is 1. The van der Waals surface area contributed by atoms with Crippen molar-refractivity contribution in [1.29, 1.82) is 0 Å². The average Bonchev–Trinajstić information content (AvgIpc) is 3.44. The molecule has 1 aliphatic rings. The number of hydrogen-bond acceptors (Lipinski definition) is 11. The topological polar surface area (TPSA) is 127 Å². The molecule has 0 amide bonds. The van der Waals surface area contributed by atoms with Gasteiger partial charge in [0.15, 0.2) is 0 Å². The molecule has 0 atom stereocenters. The third-order valence-corrected chi connectivity index (χ3v) is 6.10. The number of hydrogen-bond donors (Lipinski definition) is 0. The van der Waals surface area contributed by atoms with Gasteiger partial charge in [-0.25, -0.2) is 9.97 Å². The van der Waals surface area contributed by atoms with Crippen molar-refractivity contribution < 1.29 is 23.6 Å². The highest BCUT2D eigenvalue weighted by Gasteiger charge is 2.32. The number of furan rings is 1. The second kappa shape index (κ2) is 12.1. The Labute approximate surface area is 214 Å². The van der Waals surface area contributed by atoms with Crippen LogP contribution in [0, 0.1) is 10.1 Å². The van der Waals surface area contributed by atoms with Gasteiger partial charge in [-0.1, -0.05) is 0 Å². The Morgan fingerprint density at radius 1 is 1.14 bits per heavy atom. The van der Waals surface area contributed by atoms with E-state index in [9.17, 15) is 14.9 Å². The molecule has 12 heteroatoms. The highest BCUT2D eigenvalue weighted by atomic mass is 16.6. The molecule has 2 aromatic heterocycles. The van der Waals surface area contributed by atoms with Gasteiger partial charge in [0.1, 0.15) is 17.8 Å². The van der Waals surface area contributed by atoms with E-state index in [1.165, 1.54) is 12.6 Å². The first-order valence-corrected chi connectivity index (χ1v) is 12.1. The number of piperazine rings is 1. The van der Waals surface area contributed by atoms with Crippen LogP contribution in [-0.2, 0) is 16.1 Å². The fourth-order valence-corrected chi connectivity index (χ4v) is 4.27. The Hall–Kier alpha value is -4.35. The Morgan fingerprint density at radius 2 is 1.86 bits per heavy atom. The minimum atomic E-state index is -0.458. The Balaban J connectivity index is 1.56. The molecule has 0 saturated carbocycles. The molecular weight excluding hydrogens is 480 g/mol. The van der Waals surface area contributed by atoms with Gasteiger partial charge in [0.2, 0.25) is 11.6 Å². The third kappa shape index (κ3) is 6.26. The van der Waals surface area contributed by atoms with E-state index in [2.05, 4.69) is 14.9 Å². The zero-order valence-corrected chi connectivity index (χ0v) is 20.9. The lowest BCUT2D eigenvalue weighted by molar-refractivity contribution is -0.383.